The first-order valence-corrected chi connectivity index (χ1v) is 5.28. The summed E-state index contributed by atoms with van der Waals surface area (Å²) in [6.07, 6.45) is 5.08. The van der Waals surface area contributed by atoms with E-state index in [9.17, 15) is 4.79 Å². The smallest absolute Gasteiger partial charge is 0.196 e. The van der Waals surface area contributed by atoms with E-state index in [1.807, 2.05) is 30.3 Å². The van der Waals surface area contributed by atoms with Gasteiger partial charge in [0.1, 0.15) is 0 Å². The molecule has 1 heterocycles. The SMILES string of the molecule is O=C1C2=CCCCC2=Nc2ccccc21. The molecule has 0 spiro atoms. The number of para-hydroxylation sites is 1. The first-order valence-electron chi connectivity index (χ1n) is 5.28. The standard InChI is InChI=1S/C13H11NO/c15-13-9-5-1-3-7-11(9)14-12-8-4-2-6-10(12)13/h1,3,5-7H,2,4,8H2. The average molecular weight is 197 g/mol. The summed E-state index contributed by atoms with van der Waals surface area (Å²) in [7, 11) is 0. The second kappa shape index (κ2) is 3.16. The van der Waals surface area contributed by atoms with Gasteiger partial charge >= 0.3 is 0 Å². The third-order valence-corrected chi connectivity index (χ3v) is 2.93. The fourth-order valence-electron chi connectivity index (χ4n) is 2.16. The van der Waals surface area contributed by atoms with Gasteiger partial charge in [-0.25, -0.2) is 0 Å². The molecular formula is C13H11NO. The Morgan fingerprint density at radius 1 is 1.20 bits per heavy atom. The zero-order valence-corrected chi connectivity index (χ0v) is 8.36. The molecule has 0 unspecified atom stereocenters. The Morgan fingerprint density at radius 2 is 2.07 bits per heavy atom. The number of hydrogen-bond acceptors (Lipinski definition) is 2. The Bertz CT molecular complexity index is 497. The zero-order chi connectivity index (χ0) is 10.3. The van der Waals surface area contributed by atoms with Crippen molar-refractivity contribution < 1.29 is 4.79 Å². The van der Waals surface area contributed by atoms with Crippen LogP contribution >= 0.6 is 0 Å². The molecule has 0 fully saturated rings. The zero-order valence-electron chi connectivity index (χ0n) is 8.36. The molecule has 15 heavy (non-hydrogen) atoms. The molecule has 2 nitrogen and oxygen atoms in total. The van der Waals surface area contributed by atoms with Crippen LogP contribution in [0.2, 0.25) is 0 Å². The quantitative estimate of drug-likeness (QED) is 0.628. The number of benzene rings is 1. The van der Waals surface area contributed by atoms with Gasteiger partial charge in [0.05, 0.1) is 11.4 Å². The minimum absolute atomic E-state index is 0.148. The fraction of sp³-hybridized carbons (Fsp3) is 0.231. The maximum Gasteiger partial charge on any atom is 0.196 e. The fourth-order valence-corrected chi connectivity index (χ4v) is 2.16. The Hall–Kier alpha value is -1.70. The largest absolute Gasteiger partial charge is 0.288 e. The van der Waals surface area contributed by atoms with E-state index in [1.54, 1.807) is 0 Å². The highest BCUT2D eigenvalue weighted by Crippen LogP contribution is 2.31. The molecule has 0 atom stereocenters. The molecule has 0 bridgehead atoms. The van der Waals surface area contributed by atoms with E-state index in [0.29, 0.717) is 0 Å². The molecule has 0 saturated heterocycles. The van der Waals surface area contributed by atoms with Crippen LogP contribution in [0.1, 0.15) is 29.6 Å². The maximum atomic E-state index is 12.1. The highest BCUT2D eigenvalue weighted by atomic mass is 16.1. The highest BCUT2D eigenvalue weighted by molar-refractivity contribution is 6.32. The molecule has 2 heteroatoms. The third-order valence-electron chi connectivity index (χ3n) is 2.93. The number of rotatable bonds is 0. The van der Waals surface area contributed by atoms with Crippen molar-refractivity contribution in [3.8, 4) is 0 Å². The van der Waals surface area contributed by atoms with Crippen LogP contribution in [0.3, 0.4) is 0 Å². The summed E-state index contributed by atoms with van der Waals surface area (Å²) in [5.41, 5.74) is 3.39. The summed E-state index contributed by atoms with van der Waals surface area (Å²) >= 11 is 0. The lowest BCUT2D eigenvalue weighted by Gasteiger charge is -2.20. The molecular weight excluding hydrogens is 186 g/mol. The van der Waals surface area contributed by atoms with Crippen molar-refractivity contribution in [1.82, 2.24) is 0 Å². The maximum absolute atomic E-state index is 12.1. The second-order valence-electron chi connectivity index (χ2n) is 3.91. The Morgan fingerprint density at radius 3 is 3.00 bits per heavy atom. The van der Waals surface area contributed by atoms with Gasteiger partial charge in [-0.2, -0.15) is 0 Å². The van der Waals surface area contributed by atoms with E-state index in [-0.39, 0.29) is 5.78 Å². The van der Waals surface area contributed by atoms with Gasteiger partial charge in [0, 0.05) is 11.1 Å². The molecule has 3 rings (SSSR count). The molecule has 0 amide bonds. The van der Waals surface area contributed by atoms with Gasteiger partial charge in [-0.1, -0.05) is 18.2 Å². The molecule has 0 N–H and O–H groups in total. The van der Waals surface area contributed by atoms with Gasteiger partial charge < -0.3 is 0 Å². The Kier molecular flexibility index (Phi) is 1.81. The Balaban J connectivity index is 2.23. The van der Waals surface area contributed by atoms with Gasteiger partial charge in [-0.15, -0.1) is 0 Å². The van der Waals surface area contributed by atoms with Crippen molar-refractivity contribution >= 4 is 17.2 Å². The molecule has 1 aromatic carbocycles. The normalized spacial score (nSPS) is 18.8. The van der Waals surface area contributed by atoms with Crippen LogP contribution in [0, 0.1) is 0 Å². The molecule has 0 saturated carbocycles. The number of aliphatic imine (C=N–C) groups is 1. The van der Waals surface area contributed by atoms with Crippen LogP contribution in [-0.2, 0) is 0 Å². The lowest BCUT2D eigenvalue weighted by molar-refractivity contribution is 0.103. The van der Waals surface area contributed by atoms with E-state index in [1.165, 1.54) is 0 Å². The van der Waals surface area contributed by atoms with Crippen LogP contribution in [0.5, 0.6) is 0 Å². The van der Waals surface area contributed by atoms with Gasteiger partial charge in [-0.05, 0) is 31.4 Å². The van der Waals surface area contributed by atoms with E-state index >= 15 is 0 Å². The van der Waals surface area contributed by atoms with Crippen molar-refractivity contribution in [2.75, 3.05) is 0 Å². The monoisotopic (exact) mass is 197 g/mol. The number of Topliss-reactive ketones (excluding diaryl/α,β-unsaturated/α-hetero) is 1. The van der Waals surface area contributed by atoms with Crippen molar-refractivity contribution in [3.05, 3.63) is 41.5 Å². The van der Waals surface area contributed by atoms with Crippen molar-refractivity contribution in [2.45, 2.75) is 19.3 Å². The van der Waals surface area contributed by atoms with Crippen LogP contribution in [-0.4, -0.2) is 11.5 Å². The third kappa shape index (κ3) is 1.25. The molecule has 1 aliphatic heterocycles. The first-order chi connectivity index (χ1) is 7.36. The molecule has 1 aliphatic carbocycles. The van der Waals surface area contributed by atoms with Crippen molar-refractivity contribution in [2.24, 2.45) is 4.99 Å². The average Bonchev–Trinajstić information content (AvgIpc) is 2.30. The van der Waals surface area contributed by atoms with Gasteiger partial charge in [0.25, 0.3) is 0 Å². The predicted octanol–water partition coefficient (Wildman–Crippen LogP) is 3.07. The summed E-state index contributed by atoms with van der Waals surface area (Å²) in [6, 6.07) is 7.58. The van der Waals surface area contributed by atoms with Crippen LogP contribution in [0.15, 0.2) is 40.9 Å². The molecule has 0 radical (unpaired) electrons. The molecule has 74 valence electrons. The predicted molar refractivity (Wildman–Crippen MR) is 59.8 cm³/mol. The topological polar surface area (TPSA) is 29.4 Å². The first kappa shape index (κ1) is 8.60. The number of hydrogen-bond donors (Lipinski definition) is 0. The lowest BCUT2D eigenvalue weighted by Crippen LogP contribution is -2.19. The van der Waals surface area contributed by atoms with Crippen molar-refractivity contribution in [1.29, 1.82) is 0 Å². The molecule has 0 aromatic heterocycles. The summed E-state index contributed by atoms with van der Waals surface area (Å²) in [5.74, 6) is 0.148. The van der Waals surface area contributed by atoms with E-state index < -0.39 is 0 Å². The number of ketones is 1. The number of carbonyl (C=O) groups is 1. The van der Waals surface area contributed by atoms with Crippen LogP contribution < -0.4 is 0 Å². The second-order valence-corrected chi connectivity index (χ2v) is 3.91. The highest BCUT2D eigenvalue weighted by Gasteiger charge is 2.26. The summed E-state index contributed by atoms with van der Waals surface area (Å²) < 4.78 is 0. The van der Waals surface area contributed by atoms with Gasteiger partial charge in [-0.3, -0.25) is 9.79 Å². The summed E-state index contributed by atoms with van der Waals surface area (Å²) in [5, 5.41) is 0. The number of allylic oxidation sites excluding steroid dienone is 2. The Labute approximate surface area is 88.3 Å². The molecule has 1 aromatic rings. The number of carbonyl (C=O) groups excluding carboxylic acids is 1. The van der Waals surface area contributed by atoms with Gasteiger partial charge in [0.15, 0.2) is 5.78 Å². The minimum Gasteiger partial charge on any atom is -0.288 e. The molecule has 2 aliphatic rings. The van der Waals surface area contributed by atoms with Crippen LogP contribution in [0.4, 0.5) is 5.69 Å². The number of nitrogens with zero attached hydrogens (tertiary/aromatic N) is 1. The number of fused-ring (bicyclic) bond motifs is 2. The van der Waals surface area contributed by atoms with Crippen molar-refractivity contribution in [3.63, 3.8) is 0 Å². The summed E-state index contributed by atoms with van der Waals surface area (Å²) in [6.45, 7) is 0. The summed E-state index contributed by atoms with van der Waals surface area (Å²) in [4.78, 5) is 16.6. The van der Waals surface area contributed by atoms with E-state index in [4.69, 9.17) is 0 Å². The van der Waals surface area contributed by atoms with Gasteiger partial charge in [0.2, 0.25) is 0 Å². The van der Waals surface area contributed by atoms with Crippen LogP contribution in [0.25, 0.3) is 0 Å². The van der Waals surface area contributed by atoms with E-state index in [0.717, 1.165) is 41.8 Å². The van der Waals surface area contributed by atoms with E-state index in [2.05, 4.69) is 4.99 Å². The lowest BCUT2D eigenvalue weighted by atomic mass is 9.88. The minimum atomic E-state index is 0.148.